The van der Waals surface area contributed by atoms with Crippen molar-refractivity contribution >= 4 is 15.9 Å². The summed E-state index contributed by atoms with van der Waals surface area (Å²) in [6, 6.07) is 13.0. The molecule has 94 valence electrons. The molecule has 0 radical (unpaired) electrons. The molecular weight excluding hydrogens is 293 g/mol. The molecule has 0 fully saturated rings. The lowest BCUT2D eigenvalue weighted by Crippen LogP contribution is -2.12. The quantitative estimate of drug-likeness (QED) is 0.884. The summed E-state index contributed by atoms with van der Waals surface area (Å²) in [5.74, 6) is -0.191. The van der Waals surface area contributed by atoms with E-state index in [0.717, 1.165) is 27.7 Å². The van der Waals surface area contributed by atoms with Crippen molar-refractivity contribution in [3.8, 4) is 11.1 Å². The van der Waals surface area contributed by atoms with Gasteiger partial charge in [0.15, 0.2) is 0 Å². The molecule has 0 bridgehead atoms. The maximum Gasteiger partial charge on any atom is 0.123 e. The van der Waals surface area contributed by atoms with Crippen LogP contribution in [0.4, 0.5) is 4.39 Å². The second kappa shape index (κ2) is 6.12. The van der Waals surface area contributed by atoms with Crippen LogP contribution in [0.2, 0.25) is 0 Å². The van der Waals surface area contributed by atoms with Gasteiger partial charge < -0.3 is 5.32 Å². The molecule has 18 heavy (non-hydrogen) atoms. The van der Waals surface area contributed by atoms with E-state index in [2.05, 4.69) is 21.2 Å². The minimum atomic E-state index is -0.191. The third-order valence-electron chi connectivity index (χ3n) is 2.79. The highest BCUT2D eigenvalue weighted by Crippen LogP contribution is 2.26. The molecule has 0 aromatic heterocycles. The van der Waals surface area contributed by atoms with E-state index >= 15 is 0 Å². The van der Waals surface area contributed by atoms with Crippen LogP contribution < -0.4 is 5.32 Å². The van der Waals surface area contributed by atoms with Gasteiger partial charge in [-0.05, 0) is 47.5 Å². The van der Waals surface area contributed by atoms with Gasteiger partial charge in [-0.1, -0.05) is 41.1 Å². The summed E-state index contributed by atoms with van der Waals surface area (Å²) in [4.78, 5) is 0. The van der Waals surface area contributed by atoms with Crippen LogP contribution in [-0.4, -0.2) is 6.54 Å². The zero-order chi connectivity index (χ0) is 13.0. The van der Waals surface area contributed by atoms with Crippen molar-refractivity contribution in [2.24, 2.45) is 0 Å². The molecule has 0 spiro atoms. The third-order valence-corrected chi connectivity index (χ3v) is 3.32. The lowest BCUT2D eigenvalue weighted by atomic mass is 9.99. The average Bonchev–Trinajstić information content (AvgIpc) is 2.38. The smallest absolute Gasteiger partial charge is 0.123 e. The Hall–Kier alpha value is -1.19. The van der Waals surface area contributed by atoms with Crippen LogP contribution in [0.1, 0.15) is 12.5 Å². The summed E-state index contributed by atoms with van der Waals surface area (Å²) in [6.07, 6.45) is 0. The molecule has 0 saturated heterocycles. The highest BCUT2D eigenvalue weighted by atomic mass is 79.9. The highest BCUT2D eigenvalue weighted by molar-refractivity contribution is 9.10. The Morgan fingerprint density at radius 3 is 2.50 bits per heavy atom. The highest BCUT2D eigenvalue weighted by Gasteiger charge is 2.06. The maximum atomic E-state index is 13.3. The van der Waals surface area contributed by atoms with E-state index < -0.39 is 0 Å². The van der Waals surface area contributed by atoms with Crippen molar-refractivity contribution in [2.75, 3.05) is 6.54 Å². The first-order chi connectivity index (χ1) is 8.70. The van der Waals surface area contributed by atoms with Gasteiger partial charge in [0, 0.05) is 11.0 Å². The average molecular weight is 308 g/mol. The summed E-state index contributed by atoms with van der Waals surface area (Å²) >= 11 is 3.42. The van der Waals surface area contributed by atoms with Crippen molar-refractivity contribution in [1.82, 2.24) is 5.32 Å². The molecule has 0 aliphatic heterocycles. The van der Waals surface area contributed by atoms with Crippen LogP contribution in [0.15, 0.2) is 46.9 Å². The van der Waals surface area contributed by atoms with E-state index in [-0.39, 0.29) is 5.82 Å². The predicted molar refractivity (Wildman–Crippen MR) is 76.9 cm³/mol. The summed E-state index contributed by atoms with van der Waals surface area (Å²) in [6.45, 7) is 3.59. The Kier molecular flexibility index (Phi) is 4.50. The minimum Gasteiger partial charge on any atom is -0.313 e. The van der Waals surface area contributed by atoms with Crippen molar-refractivity contribution in [2.45, 2.75) is 13.5 Å². The van der Waals surface area contributed by atoms with E-state index in [1.165, 1.54) is 6.07 Å². The van der Waals surface area contributed by atoms with Gasteiger partial charge in [0.2, 0.25) is 0 Å². The van der Waals surface area contributed by atoms with Crippen LogP contribution in [-0.2, 0) is 6.54 Å². The van der Waals surface area contributed by atoms with Gasteiger partial charge in [-0.25, -0.2) is 4.39 Å². The molecule has 0 atom stereocenters. The molecule has 0 aliphatic carbocycles. The van der Waals surface area contributed by atoms with Crippen LogP contribution in [0.3, 0.4) is 0 Å². The van der Waals surface area contributed by atoms with Crippen molar-refractivity contribution < 1.29 is 4.39 Å². The molecule has 0 aliphatic rings. The molecular formula is C15H15BrFN. The van der Waals surface area contributed by atoms with E-state index in [0.29, 0.717) is 6.54 Å². The zero-order valence-corrected chi connectivity index (χ0v) is 11.8. The predicted octanol–water partition coefficient (Wildman–Crippen LogP) is 4.36. The molecule has 0 saturated carbocycles. The maximum absolute atomic E-state index is 13.3. The number of nitrogens with one attached hydrogen (secondary N) is 1. The van der Waals surface area contributed by atoms with Crippen LogP contribution >= 0.6 is 15.9 Å². The zero-order valence-electron chi connectivity index (χ0n) is 10.2. The van der Waals surface area contributed by atoms with Crippen LogP contribution in [0.5, 0.6) is 0 Å². The van der Waals surface area contributed by atoms with Gasteiger partial charge in [-0.15, -0.1) is 0 Å². The topological polar surface area (TPSA) is 12.0 Å². The van der Waals surface area contributed by atoms with Gasteiger partial charge in [0.05, 0.1) is 0 Å². The standard InChI is InChI=1S/C15H15BrFN/c1-2-18-10-12-9-14(17)7-8-15(12)11-3-5-13(16)6-4-11/h3-9,18H,2,10H2,1H3. The fourth-order valence-electron chi connectivity index (χ4n) is 1.88. The summed E-state index contributed by atoms with van der Waals surface area (Å²) in [5, 5.41) is 3.24. The van der Waals surface area contributed by atoms with Crippen molar-refractivity contribution in [3.63, 3.8) is 0 Å². The lowest BCUT2D eigenvalue weighted by molar-refractivity contribution is 0.622. The van der Waals surface area contributed by atoms with Crippen molar-refractivity contribution in [1.29, 1.82) is 0 Å². The van der Waals surface area contributed by atoms with Gasteiger partial charge in [-0.3, -0.25) is 0 Å². The Labute approximate surface area is 115 Å². The molecule has 0 heterocycles. The van der Waals surface area contributed by atoms with Gasteiger partial charge >= 0.3 is 0 Å². The lowest BCUT2D eigenvalue weighted by Gasteiger charge is -2.10. The first kappa shape index (κ1) is 13.2. The molecule has 2 aromatic rings. The van der Waals surface area contributed by atoms with Gasteiger partial charge in [-0.2, -0.15) is 0 Å². The molecule has 3 heteroatoms. The fourth-order valence-corrected chi connectivity index (χ4v) is 2.14. The molecule has 1 N–H and O–H groups in total. The Morgan fingerprint density at radius 1 is 1.11 bits per heavy atom. The normalized spacial score (nSPS) is 10.6. The van der Waals surface area contributed by atoms with Crippen LogP contribution in [0.25, 0.3) is 11.1 Å². The Bertz CT molecular complexity index is 523. The molecule has 0 unspecified atom stereocenters. The Balaban J connectivity index is 2.39. The first-order valence-electron chi connectivity index (χ1n) is 5.96. The van der Waals surface area contributed by atoms with E-state index in [4.69, 9.17) is 0 Å². The van der Waals surface area contributed by atoms with Gasteiger partial charge in [0.25, 0.3) is 0 Å². The number of benzene rings is 2. The number of hydrogen-bond donors (Lipinski definition) is 1. The van der Waals surface area contributed by atoms with Gasteiger partial charge in [0.1, 0.15) is 5.82 Å². The van der Waals surface area contributed by atoms with Crippen molar-refractivity contribution in [3.05, 3.63) is 58.3 Å². The Morgan fingerprint density at radius 2 is 1.83 bits per heavy atom. The summed E-state index contributed by atoms with van der Waals surface area (Å²) in [7, 11) is 0. The van der Waals surface area contributed by atoms with E-state index in [1.54, 1.807) is 6.07 Å². The van der Waals surface area contributed by atoms with Crippen LogP contribution in [0, 0.1) is 5.82 Å². The second-order valence-electron chi connectivity index (χ2n) is 4.09. The van der Waals surface area contributed by atoms with E-state index in [9.17, 15) is 4.39 Å². The summed E-state index contributed by atoms with van der Waals surface area (Å²) in [5.41, 5.74) is 3.16. The minimum absolute atomic E-state index is 0.191. The third kappa shape index (κ3) is 3.18. The first-order valence-corrected chi connectivity index (χ1v) is 6.75. The number of halogens is 2. The molecule has 2 aromatic carbocycles. The molecule has 1 nitrogen and oxygen atoms in total. The fraction of sp³-hybridized carbons (Fsp3) is 0.200. The number of hydrogen-bond acceptors (Lipinski definition) is 1. The molecule has 2 rings (SSSR count). The largest absolute Gasteiger partial charge is 0.313 e. The van der Waals surface area contributed by atoms with E-state index in [1.807, 2.05) is 37.3 Å². The monoisotopic (exact) mass is 307 g/mol. The summed E-state index contributed by atoms with van der Waals surface area (Å²) < 4.78 is 14.4. The second-order valence-corrected chi connectivity index (χ2v) is 5.00. The molecule has 0 amide bonds. The number of rotatable bonds is 4. The SMILES string of the molecule is CCNCc1cc(F)ccc1-c1ccc(Br)cc1.